The van der Waals surface area contributed by atoms with Crippen LogP contribution < -0.4 is 0 Å². The number of cyclic esters (lactones) is 1. The first-order valence-corrected chi connectivity index (χ1v) is 14.0. The minimum absolute atomic E-state index is 0.104. The monoisotopic (exact) mass is 519 g/mol. The fourth-order valence-electron chi connectivity index (χ4n) is 6.46. The molecule has 198 valence electrons. The second-order valence-corrected chi connectivity index (χ2v) is 12.2. The van der Waals surface area contributed by atoms with Crippen LogP contribution in [0.2, 0.25) is 0 Å². The quantitative estimate of drug-likeness (QED) is 0.384. The predicted molar refractivity (Wildman–Crippen MR) is 135 cm³/mol. The molecule has 0 aromatic carbocycles. The number of ether oxygens (including phenoxy) is 2. The summed E-state index contributed by atoms with van der Waals surface area (Å²) < 4.78 is 10.0. The Morgan fingerprint density at radius 2 is 1.92 bits per heavy atom. The molecule has 0 aromatic rings. The Morgan fingerprint density at radius 1 is 1.14 bits per heavy atom. The minimum atomic E-state index is -0.873. The molecule has 0 radical (unpaired) electrons. The second-order valence-electron chi connectivity index (χ2n) is 10.8. The van der Waals surface area contributed by atoms with Gasteiger partial charge in [0.25, 0.3) is 0 Å². The van der Waals surface area contributed by atoms with Gasteiger partial charge in [-0.05, 0) is 12.3 Å². The lowest BCUT2D eigenvalue weighted by atomic mass is 9.78. The lowest BCUT2D eigenvalue weighted by Crippen LogP contribution is -2.57. The summed E-state index contributed by atoms with van der Waals surface area (Å²) in [6, 6.07) is -1.26. The van der Waals surface area contributed by atoms with E-state index in [1.165, 1.54) is 0 Å². The molecule has 0 aromatic heterocycles. The molecule has 2 amide bonds. The number of aliphatic hydroxyl groups excluding tert-OH is 1. The van der Waals surface area contributed by atoms with Crippen LogP contribution in [0.15, 0.2) is 24.3 Å². The van der Waals surface area contributed by atoms with Crippen molar-refractivity contribution in [3.8, 4) is 0 Å². The van der Waals surface area contributed by atoms with Crippen molar-refractivity contribution in [1.29, 1.82) is 0 Å². The van der Waals surface area contributed by atoms with Crippen molar-refractivity contribution in [3.63, 3.8) is 0 Å². The Hall–Kier alpha value is -1.88. The summed E-state index contributed by atoms with van der Waals surface area (Å²) in [5.74, 6) is -1.83. The molecule has 5 rings (SSSR count). The van der Waals surface area contributed by atoms with Crippen LogP contribution in [0.25, 0.3) is 0 Å². The first-order chi connectivity index (χ1) is 17.4. The molecule has 1 spiro atoms. The Morgan fingerprint density at radius 3 is 2.64 bits per heavy atom. The van der Waals surface area contributed by atoms with E-state index in [9.17, 15) is 19.5 Å². The van der Waals surface area contributed by atoms with E-state index in [-0.39, 0.29) is 42.2 Å². The molecule has 3 saturated heterocycles. The predicted octanol–water partition coefficient (Wildman–Crippen LogP) is 0.534. The van der Waals surface area contributed by atoms with Gasteiger partial charge in [0, 0.05) is 38.0 Å². The van der Waals surface area contributed by atoms with Gasteiger partial charge in [0.1, 0.15) is 12.6 Å². The van der Waals surface area contributed by atoms with Crippen LogP contribution in [0.4, 0.5) is 0 Å². The second kappa shape index (κ2) is 10.5. The normalized spacial score (nSPS) is 35.4. The van der Waals surface area contributed by atoms with Gasteiger partial charge in [-0.3, -0.25) is 19.3 Å². The average Bonchev–Trinajstić information content (AvgIpc) is 3.17. The van der Waals surface area contributed by atoms with Crippen molar-refractivity contribution in [2.75, 3.05) is 59.2 Å². The number of aliphatic hydroxyl groups is 1. The number of carbonyl (C=O) groups excluding carboxylic acids is 3. The van der Waals surface area contributed by atoms with Gasteiger partial charge in [-0.1, -0.05) is 38.2 Å². The van der Waals surface area contributed by atoms with Crippen molar-refractivity contribution < 1.29 is 29.0 Å². The zero-order valence-electron chi connectivity index (χ0n) is 21.1. The number of hydrogen-bond donors (Lipinski definition) is 1. The molecule has 0 saturated carbocycles. The van der Waals surface area contributed by atoms with Crippen LogP contribution in [0.1, 0.15) is 20.3 Å². The highest BCUT2D eigenvalue weighted by molar-refractivity contribution is 8.02. The van der Waals surface area contributed by atoms with Crippen molar-refractivity contribution in [1.82, 2.24) is 14.7 Å². The first-order valence-electron chi connectivity index (χ1n) is 13.1. The number of thioether (sulfide) groups is 1. The van der Waals surface area contributed by atoms with E-state index in [2.05, 4.69) is 4.90 Å². The van der Waals surface area contributed by atoms with Gasteiger partial charge in [-0.15, -0.1) is 11.8 Å². The highest BCUT2D eigenvalue weighted by Crippen LogP contribution is 2.61. The van der Waals surface area contributed by atoms with Crippen LogP contribution >= 0.6 is 11.8 Å². The number of likely N-dealkylation sites (tertiary alicyclic amines) is 1. The molecule has 1 N–H and O–H groups in total. The number of amides is 2. The maximum Gasteiger partial charge on any atom is 0.311 e. The zero-order chi connectivity index (χ0) is 25.4. The molecule has 5 aliphatic heterocycles. The van der Waals surface area contributed by atoms with E-state index in [1.807, 2.05) is 43.1 Å². The number of esters is 1. The van der Waals surface area contributed by atoms with E-state index in [0.717, 1.165) is 19.6 Å². The van der Waals surface area contributed by atoms with Crippen molar-refractivity contribution in [2.24, 2.45) is 17.8 Å². The molecule has 36 heavy (non-hydrogen) atoms. The molecule has 5 heterocycles. The van der Waals surface area contributed by atoms with Crippen LogP contribution in [0.3, 0.4) is 0 Å². The molecule has 1 unspecified atom stereocenters. The summed E-state index contributed by atoms with van der Waals surface area (Å²) in [7, 11) is 0. The topological polar surface area (TPSA) is 99.6 Å². The lowest BCUT2D eigenvalue weighted by molar-refractivity contribution is -0.152. The third-order valence-electron chi connectivity index (χ3n) is 8.07. The van der Waals surface area contributed by atoms with E-state index >= 15 is 0 Å². The number of fused-ring (bicyclic) bond motifs is 2. The van der Waals surface area contributed by atoms with Crippen LogP contribution in [-0.4, -0.2) is 119 Å². The summed E-state index contributed by atoms with van der Waals surface area (Å²) in [6.45, 7) is 8.88. The van der Waals surface area contributed by atoms with Crippen LogP contribution in [-0.2, 0) is 23.9 Å². The van der Waals surface area contributed by atoms with Gasteiger partial charge in [-0.2, -0.15) is 0 Å². The summed E-state index contributed by atoms with van der Waals surface area (Å²) in [5, 5.41) is 10.1. The van der Waals surface area contributed by atoms with Gasteiger partial charge in [0.05, 0.1) is 42.4 Å². The standard InChI is InChI=1S/C26H37N3O6S/c1-17(2)15-18(16-30)29-22-24(32)28(9-8-27-10-13-34-14-11-27)7-4-6-26(22)21(23(29)31)20-19(36-26)5-3-12-35-25(20)33/h3-6,17-22,30H,7-16H2,1-2H3/t18-,19-,20+,21+,22?,26+/m1/s1. The highest BCUT2D eigenvalue weighted by Gasteiger charge is 2.71. The molecule has 9 nitrogen and oxygen atoms in total. The summed E-state index contributed by atoms with van der Waals surface area (Å²) in [4.78, 5) is 47.2. The smallest absolute Gasteiger partial charge is 0.311 e. The van der Waals surface area contributed by atoms with Gasteiger partial charge in [0.15, 0.2) is 0 Å². The van der Waals surface area contributed by atoms with E-state index in [0.29, 0.717) is 32.7 Å². The SMILES string of the molecule is CC(C)C[C@H](CO)N1C(=O)[C@@H]2[C@H]3C(=O)OCC=C[C@H]3S[C@@]23C=CCN(CCN2CCOCC2)C(=O)C13. The molecule has 6 atom stereocenters. The maximum atomic E-state index is 14.3. The van der Waals surface area contributed by atoms with Gasteiger partial charge in [0.2, 0.25) is 11.8 Å². The van der Waals surface area contributed by atoms with E-state index in [1.54, 1.807) is 16.7 Å². The average molecular weight is 520 g/mol. The summed E-state index contributed by atoms with van der Waals surface area (Å²) in [5.41, 5.74) is 0. The zero-order valence-corrected chi connectivity index (χ0v) is 21.9. The number of carbonyl (C=O) groups is 3. The number of rotatable bonds is 7. The van der Waals surface area contributed by atoms with Gasteiger partial charge < -0.3 is 24.4 Å². The fraction of sp³-hybridized carbons (Fsp3) is 0.731. The van der Waals surface area contributed by atoms with Crippen LogP contribution in [0.5, 0.6) is 0 Å². The number of morpholine rings is 1. The fourth-order valence-corrected chi connectivity index (χ4v) is 8.44. The third-order valence-corrected chi connectivity index (χ3v) is 9.82. The summed E-state index contributed by atoms with van der Waals surface area (Å²) >= 11 is 1.54. The number of nitrogens with zero attached hydrogens (tertiary/aromatic N) is 3. The molecule has 5 aliphatic rings. The summed E-state index contributed by atoms with van der Waals surface area (Å²) in [6.07, 6.45) is 8.37. The van der Waals surface area contributed by atoms with Crippen molar-refractivity contribution in [2.45, 2.75) is 42.3 Å². The lowest BCUT2D eigenvalue weighted by Gasteiger charge is -2.39. The molecule has 0 aliphatic carbocycles. The molecular weight excluding hydrogens is 482 g/mol. The largest absolute Gasteiger partial charge is 0.461 e. The van der Waals surface area contributed by atoms with Crippen molar-refractivity contribution >= 4 is 29.5 Å². The van der Waals surface area contributed by atoms with Crippen LogP contribution in [0, 0.1) is 17.8 Å². The molecule has 10 heteroatoms. The Bertz CT molecular complexity index is 935. The minimum Gasteiger partial charge on any atom is -0.461 e. The van der Waals surface area contributed by atoms with E-state index < -0.39 is 28.7 Å². The van der Waals surface area contributed by atoms with Crippen molar-refractivity contribution in [3.05, 3.63) is 24.3 Å². The number of hydrogen-bond acceptors (Lipinski definition) is 8. The van der Waals surface area contributed by atoms with E-state index in [4.69, 9.17) is 9.47 Å². The molecule has 0 bridgehead atoms. The Kier molecular flexibility index (Phi) is 7.49. The molecular formula is C26H37N3O6S. The first kappa shape index (κ1) is 25.8. The van der Waals surface area contributed by atoms with Gasteiger partial charge >= 0.3 is 5.97 Å². The Balaban J connectivity index is 1.50. The maximum absolute atomic E-state index is 14.3. The highest BCUT2D eigenvalue weighted by atomic mass is 32.2. The Labute approximate surface area is 216 Å². The molecule has 3 fully saturated rings. The van der Waals surface area contributed by atoms with Gasteiger partial charge in [-0.25, -0.2) is 0 Å². The third kappa shape index (κ3) is 4.40.